The maximum Gasteiger partial charge on any atom is 0.338 e. The van der Waals surface area contributed by atoms with Crippen LogP contribution in [0.4, 0.5) is 0 Å². The van der Waals surface area contributed by atoms with E-state index in [0.717, 1.165) is 79.1 Å². The van der Waals surface area contributed by atoms with Gasteiger partial charge in [-0.25, -0.2) is 4.79 Å². The molecule has 5 nitrogen and oxygen atoms in total. The largest absolute Gasteiger partial charge is 0.494 e. The van der Waals surface area contributed by atoms with Crippen molar-refractivity contribution >= 4 is 5.97 Å². The van der Waals surface area contributed by atoms with Crippen LogP contribution in [0, 0.1) is 46.3 Å². The highest BCUT2D eigenvalue weighted by Crippen LogP contribution is 2.67. The minimum Gasteiger partial charge on any atom is -0.494 e. The SMILES string of the molecule is CC(C)CCC[C@@H](C)[C@H]1CC[C@H]2[C@@H]3CC=C4C[C@@H](OC(=O)c5ccc(OCCCCOc6ccncc6)cc5)CC[C@]4(C)[C@H]3CC[C@]12C. The molecule has 0 bridgehead atoms. The Kier molecular flexibility index (Phi) is 11.2. The first-order valence-corrected chi connectivity index (χ1v) is 19.3. The number of carbonyl (C=O) groups is 1. The number of nitrogens with zero attached hydrogens (tertiary/aromatic N) is 1. The zero-order valence-corrected chi connectivity index (χ0v) is 30.4. The molecule has 6 rings (SSSR count). The first-order valence-electron chi connectivity index (χ1n) is 19.3. The van der Waals surface area contributed by atoms with Crippen molar-refractivity contribution in [3.8, 4) is 11.5 Å². The molecule has 262 valence electrons. The van der Waals surface area contributed by atoms with Gasteiger partial charge < -0.3 is 14.2 Å². The summed E-state index contributed by atoms with van der Waals surface area (Å²) < 4.78 is 17.8. The molecule has 3 saturated carbocycles. The van der Waals surface area contributed by atoms with Crippen molar-refractivity contribution in [1.82, 2.24) is 4.98 Å². The molecule has 0 spiro atoms. The first kappa shape index (κ1) is 35.0. The maximum atomic E-state index is 13.2. The van der Waals surface area contributed by atoms with E-state index in [4.69, 9.17) is 14.2 Å². The third-order valence-electron chi connectivity index (χ3n) is 13.3. The van der Waals surface area contributed by atoms with E-state index in [1.165, 1.54) is 51.4 Å². The van der Waals surface area contributed by atoms with Gasteiger partial charge in [0.15, 0.2) is 0 Å². The van der Waals surface area contributed by atoms with Crippen LogP contribution in [-0.4, -0.2) is 30.3 Å². The fourth-order valence-corrected chi connectivity index (χ4v) is 10.7. The van der Waals surface area contributed by atoms with Crippen molar-refractivity contribution in [2.45, 2.75) is 124 Å². The van der Waals surface area contributed by atoms with Gasteiger partial charge in [0.1, 0.15) is 17.6 Å². The molecule has 3 fully saturated rings. The van der Waals surface area contributed by atoms with Gasteiger partial charge in [0.25, 0.3) is 0 Å². The lowest BCUT2D eigenvalue weighted by atomic mass is 9.47. The second-order valence-electron chi connectivity index (χ2n) is 16.7. The van der Waals surface area contributed by atoms with Crippen LogP contribution in [-0.2, 0) is 4.74 Å². The molecule has 1 aromatic heterocycles. The molecule has 8 atom stereocenters. The number of ether oxygens (including phenoxy) is 3. The number of unbranched alkanes of at least 4 members (excludes halogenated alkanes) is 1. The molecule has 1 heterocycles. The molecule has 0 radical (unpaired) electrons. The summed E-state index contributed by atoms with van der Waals surface area (Å²) in [6, 6.07) is 11.1. The number of carbonyl (C=O) groups excluding carboxylic acids is 1. The van der Waals surface area contributed by atoms with Gasteiger partial charge in [0, 0.05) is 18.8 Å². The molecule has 1 aromatic carbocycles. The average Bonchev–Trinajstić information content (AvgIpc) is 3.44. The Hall–Kier alpha value is -2.82. The van der Waals surface area contributed by atoms with Crippen molar-refractivity contribution in [1.29, 1.82) is 0 Å². The fourth-order valence-electron chi connectivity index (χ4n) is 10.7. The average molecular weight is 656 g/mol. The Labute approximate surface area is 290 Å². The summed E-state index contributed by atoms with van der Waals surface area (Å²) in [7, 11) is 0. The highest BCUT2D eigenvalue weighted by Gasteiger charge is 2.59. The normalized spacial score (nSPS) is 31.6. The topological polar surface area (TPSA) is 57.7 Å². The van der Waals surface area contributed by atoms with Gasteiger partial charge in [-0.1, -0.05) is 65.5 Å². The molecule has 5 heteroatoms. The van der Waals surface area contributed by atoms with E-state index in [0.29, 0.717) is 24.2 Å². The molecule has 4 aliphatic rings. The summed E-state index contributed by atoms with van der Waals surface area (Å²) in [6.07, 6.45) is 21.9. The summed E-state index contributed by atoms with van der Waals surface area (Å²) >= 11 is 0. The number of esters is 1. The van der Waals surface area contributed by atoms with Gasteiger partial charge in [-0.05, 0) is 141 Å². The van der Waals surface area contributed by atoms with Crippen LogP contribution in [0.2, 0.25) is 0 Å². The molecule has 0 amide bonds. The van der Waals surface area contributed by atoms with Gasteiger partial charge in [0.05, 0.1) is 18.8 Å². The predicted molar refractivity (Wildman–Crippen MR) is 193 cm³/mol. The second kappa shape index (κ2) is 15.4. The molecule has 0 unspecified atom stereocenters. The van der Waals surface area contributed by atoms with Crippen molar-refractivity contribution in [2.75, 3.05) is 13.2 Å². The molecule has 0 saturated heterocycles. The number of aromatic nitrogens is 1. The molecule has 4 aliphatic carbocycles. The van der Waals surface area contributed by atoms with Crippen LogP contribution in [0.25, 0.3) is 0 Å². The Morgan fingerprint density at radius 1 is 0.833 bits per heavy atom. The van der Waals surface area contributed by atoms with E-state index >= 15 is 0 Å². The molecular formula is C43H61NO4. The fraction of sp³-hybridized carbons (Fsp3) is 0.674. The second-order valence-corrected chi connectivity index (χ2v) is 16.7. The highest BCUT2D eigenvalue weighted by atomic mass is 16.5. The Morgan fingerprint density at radius 2 is 1.54 bits per heavy atom. The minimum atomic E-state index is -0.217. The summed E-state index contributed by atoms with van der Waals surface area (Å²) in [4.78, 5) is 17.2. The van der Waals surface area contributed by atoms with Crippen LogP contribution in [0.15, 0.2) is 60.4 Å². The van der Waals surface area contributed by atoms with Crippen LogP contribution >= 0.6 is 0 Å². The van der Waals surface area contributed by atoms with Crippen molar-refractivity contribution < 1.29 is 19.0 Å². The Balaban J connectivity index is 0.971. The van der Waals surface area contributed by atoms with Gasteiger partial charge in [-0.2, -0.15) is 0 Å². The smallest absolute Gasteiger partial charge is 0.338 e. The third kappa shape index (κ3) is 7.65. The van der Waals surface area contributed by atoms with E-state index < -0.39 is 0 Å². The Morgan fingerprint density at radius 3 is 2.25 bits per heavy atom. The van der Waals surface area contributed by atoms with E-state index in [1.54, 1.807) is 18.0 Å². The maximum absolute atomic E-state index is 13.2. The van der Waals surface area contributed by atoms with Crippen molar-refractivity contribution in [2.24, 2.45) is 46.3 Å². The van der Waals surface area contributed by atoms with E-state index in [9.17, 15) is 4.79 Å². The predicted octanol–water partition coefficient (Wildman–Crippen LogP) is 10.9. The summed E-state index contributed by atoms with van der Waals surface area (Å²) in [5, 5.41) is 0. The number of pyridine rings is 1. The quantitative estimate of drug-likeness (QED) is 0.115. The monoisotopic (exact) mass is 655 g/mol. The minimum absolute atomic E-state index is 0.0323. The summed E-state index contributed by atoms with van der Waals surface area (Å²) in [5.74, 6) is 6.44. The first-order chi connectivity index (χ1) is 23.2. The number of fused-ring (bicyclic) bond motifs is 5. The zero-order chi connectivity index (χ0) is 33.7. The third-order valence-corrected chi connectivity index (χ3v) is 13.3. The van der Waals surface area contributed by atoms with Crippen LogP contribution in [0.5, 0.6) is 11.5 Å². The van der Waals surface area contributed by atoms with Crippen molar-refractivity contribution in [3.05, 3.63) is 66.0 Å². The number of hydrogen-bond donors (Lipinski definition) is 0. The Bertz CT molecular complexity index is 1370. The number of rotatable bonds is 14. The molecule has 2 aromatic rings. The molecular weight excluding hydrogens is 594 g/mol. The molecule has 0 aliphatic heterocycles. The summed E-state index contributed by atoms with van der Waals surface area (Å²) in [6.45, 7) is 13.8. The van der Waals surface area contributed by atoms with E-state index in [2.05, 4.69) is 45.7 Å². The lowest BCUT2D eigenvalue weighted by molar-refractivity contribution is -0.0594. The van der Waals surface area contributed by atoms with Gasteiger partial charge in [-0.3, -0.25) is 4.98 Å². The lowest BCUT2D eigenvalue weighted by Gasteiger charge is -2.58. The lowest BCUT2D eigenvalue weighted by Crippen LogP contribution is -2.51. The highest BCUT2D eigenvalue weighted by molar-refractivity contribution is 5.89. The van der Waals surface area contributed by atoms with Crippen molar-refractivity contribution in [3.63, 3.8) is 0 Å². The number of hydrogen-bond acceptors (Lipinski definition) is 5. The van der Waals surface area contributed by atoms with Gasteiger partial charge >= 0.3 is 5.97 Å². The number of benzene rings is 1. The zero-order valence-electron chi connectivity index (χ0n) is 30.4. The van der Waals surface area contributed by atoms with Crippen LogP contribution in [0.1, 0.15) is 128 Å². The molecule has 48 heavy (non-hydrogen) atoms. The summed E-state index contributed by atoms with van der Waals surface area (Å²) in [5.41, 5.74) is 2.95. The van der Waals surface area contributed by atoms with E-state index in [-0.39, 0.29) is 17.5 Å². The van der Waals surface area contributed by atoms with Crippen LogP contribution < -0.4 is 9.47 Å². The molecule has 0 N–H and O–H groups in total. The number of allylic oxidation sites excluding steroid dienone is 1. The van der Waals surface area contributed by atoms with E-state index in [1.807, 2.05) is 36.4 Å². The van der Waals surface area contributed by atoms with Crippen LogP contribution in [0.3, 0.4) is 0 Å². The van der Waals surface area contributed by atoms with Gasteiger partial charge in [-0.15, -0.1) is 0 Å². The van der Waals surface area contributed by atoms with Gasteiger partial charge in [0.2, 0.25) is 0 Å². The standard InChI is InChI=1S/C43H61NO4/c1-30(2)9-8-10-31(3)38-17-18-39-37-16-13-33-29-36(19-23-42(33,4)40(37)20-24-43(38,39)5)48-41(45)32-11-14-34(15-12-32)46-27-6-7-28-47-35-21-25-44-26-22-35/h11-15,21-22,25-26,30-31,36-40H,6-10,16-20,23-24,27-29H2,1-5H3/t31-,36+,37+,38-,39+,40+,42+,43-/m1/s1.